The molecule has 0 spiro atoms. The van der Waals surface area contributed by atoms with Gasteiger partial charge in [-0.15, -0.1) is 0 Å². The van der Waals surface area contributed by atoms with Crippen molar-refractivity contribution in [1.82, 2.24) is 4.98 Å². The lowest BCUT2D eigenvalue weighted by molar-refractivity contribution is -0.384. The number of rotatable bonds is 7. The van der Waals surface area contributed by atoms with Crippen LogP contribution in [0.15, 0.2) is 12.1 Å². The second-order valence-corrected chi connectivity index (χ2v) is 3.91. The number of methoxy groups -OCH3 is 1. The molecular weight excluding hydrogens is 266 g/mol. The third kappa shape index (κ3) is 3.89. The zero-order valence-corrected chi connectivity index (χ0v) is 11.7. The molecule has 1 heterocycles. The second-order valence-electron chi connectivity index (χ2n) is 3.91. The number of nitro groups is 1. The zero-order chi connectivity index (χ0) is 15.1. The molecule has 0 N–H and O–H groups in total. The lowest BCUT2D eigenvalue weighted by atomic mass is 10.3. The first kappa shape index (κ1) is 15.8. The molecule has 0 amide bonds. The van der Waals surface area contributed by atoms with Crippen molar-refractivity contribution in [2.24, 2.45) is 0 Å². The van der Waals surface area contributed by atoms with Gasteiger partial charge in [0, 0.05) is 26.3 Å². The first-order valence-electron chi connectivity index (χ1n) is 6.03. The molecule has 1 rings (SSSR count). The number of pyridine rings is 1. The molecule has 0 radical (unpaired) electrons. The summed E-state index contributed by atoms with van der Waals surface area (Å²) in [5.41, 5.74) is -0.145. The number of carbonyl (C=O) groups excluding carboxylic acids is 1. The average Bonchev–Trinajstić information content (AvgIpc) is 2.45. The molecular formula is C12H17N3O5. The van der Waals surface area contributed by atoms with Crippen molar-refractivity contribution in [2.45, 2.75) is 6.92 Å². The van der Waals surface area contributed by atoms with E-state index >= 15 is 0 Å². The summed E-state index contributed by atoms with van der Waals surface area (Å²) in [4.78, 5) is 27.5. The van der Waals surface area contributed by atoms with E-state index in [4.69, 9.17) is 4.74 Å². The molecule has 0 unspecified atom stereocenters. The number of likely N-dealkylation sites (N-methyl/N-ethyl adjacent to an activating group) is 1. The Balaban J connectivity index is 3.05. The van der Waals surface area contributed by atoms with Crippen LogP contribution in [0.25, 0.3) is 0 Å². The topological polar surface area (TPSA) is 94.8 Å². The first-order valence-corrected chi connectivity index (χ1v) is 6.03. The number of nitrogens with zero attached hydrogens (tertiary/aromatic N) is 3. The van der Waals surface area contributed by atoms with E-state index in [0.717, 1.165) is 0 Å². The summed E-state index contributed by atoms with van der Waals surface area (Å²) >= 11 is 0. The summed E-state index contributed by atoms with van der Waals surface area (Å²) in [6.45, 7) is 3.25. The zero-order valence-electron chi connectivity index (χ0n) is 11.7. The Kier molecular flexibility index (Phi) is 5.85. The van der Waals surface area contributed by atoms with Crippen LogP contribution in [-0.4, -0.2) is 49.8 Å². The molecule has 8 heteroatoms. The largest absolute Gasteiger partial charge is 0.464 e. The van der Waals surface area contributed by atoms with Crippen LogP contribution >= 0.6 is 0 Å². The Morgan fingerprint density at radius 2 is 2.20 bits per heavy atom. The summed E-state index contributed by atoms with van der Waals surface area (Å²) in [6, 6.07) is 2.51. The van der Waals surface area contributed by atoms with Crippen LogP contribution in [0.1, 0.15) is 17.4 Å². The molecule has 0 bridgehead atoms. The van der Waals surface area contributed by atoms with Gasteiger partial charge in [-0.3, -0.25) is 10.1 Å². The molecule has 1 aromatic heterocycles. The summed E-state index contributed by atoms with van der Waals surface area (Å²) in [6.07, 6.45) is 0. The summed E-state index contributed by atoms with van der Waals surface area (Å²) in [5.74, 6) is -0.531. The standard InChI is InChI=1S/C12H17N3O5/c1-4-20-8-7-14(2)11-10(15(17)18)6-5-9(13-11)12(16)19-3/h5-6H,4,7-8H2,1-3H3. The molecule has 20 heavy (non-hydrogen) atoms. The maximum absolute atomic E-state index is 11.4. The molecule has 0 saturated carbocycles. The lowest BCUT2D eigenvalue weighted by Gasteiger charge is -2.18. The Hall–Kier alpha value is -2.22. The van der Waals surface area contributed by atoms with Gasteiger partial charge < -0.3 is 14.4 Å². The second kappa shape index (κ2) is 7.39. The van der Waals surface area contributed by atoms with Gasteiger partial charge in [0.15, 0.2) is 5.69 Å². The highest BCUT2D eigenvalue weighted by atomic mass is 16.6. The molecule has 110 valence electrons. The molecule has 0 atom stereocenters. The molecule has 0 aliphatic heterocycles. The first-order chi connectivity index (χ1) is 9.51. The third-order valence-corrected chi connectivity index (χ3v) is 2.58. The van der Waals surface area contributed by atoms with Gasteiger partial charge in [-0.25, -0.2) is 9.78 Å². The number of esters is 1. The van der Waals surface area contributed by atoms with Gasteiger partial charge in [0.2, 0.25) is 5.82 Å². The average molecular weight is 283 g/mol. The Morgan fingerprint density at radius 3 is 2.75 bits per heavy atom. The van der Waals surface area contributed by atoms with Crippen LogP contribution in [0.5, 0.6) is 0 Å². The maximum atomic E-state index is 11.4. The fourth-order valence-corrected chi connectivity index (χ4v) is 1.53. The van der Waals surface area contributed by atoms with Crippen LogP contribution in [0.3, 0.4) is 0 Å². The summed E-state index contributed by atoms with van der Waals surface area (Å²) in [5, 5.41) is 11.0. The normalized spacial score (nSPS) is 10.2. The summed E-state index contributed by atoms with van der Waals surface area (Å²) in [7, 11) is 2.87. The molecule has 8 nitrogen and oxygen atoms in total. The Bertz CT molecular complexity index is 492. The highest BCUT2D eigenvalue weighted by Gasteiger charge is 2.21. The fraction of sp³-hybridized carbons (Fsp3) is 0.500. The predicted octanol–water partition coefficient (Wildman–Crippen LogP) is 1.25. The minimum Gasteiger partial charge on any atom is -0.464 e. The van der Waals surface area contributed by atoms with E-state index in [1.807, 2.05) is 6.92 Å². The minimum absolute atomic E-state index is 0.0244. The van der Waals surface area contributed by atoms with Gasteiger partial charge in [-0.2, -0.15) is 0 Å². The van der Waals surface area contributed by atoms with E-state index in [1.54, 1.807) is 11.9 Å². The monoisotopic (exact) mass is 283 g/mol. The van der Waals surface area contributed by atoms with Gasteiger partial charge in [-0.1, -0.05) is 0 Å². The number of anilines is 1. The van der Waals surface area contributed by atoms with E-state index < -0.39 is 10.9 Å². The van der Waals surface area contributed by atoms with Crippen molar-refractivity contribution in [3.8, 4) is 0 Å². The third-order valence-electron chi connectivity index (χ3n) is 2.58. The summed E-state index contributed by atoms with van der Waals surface area (Å²) < 4.78 is 9.75. The number of hydrogen-bond acceptors (Lipinski definition) is 7. The van der Waals surface area contributed by atoms with Crippen LogP contribution < -0.4 is 4.90 Å². The van der Waals surface area contributed by atoms with Crippen molar-refractivity contribution < 1.29 is 19.2 Å². The van der Waals surface area contributed by atoms with Gasteiger partial charge in [-0.05, 0) is 13.0 Å². The van der Waals surface area contributed by atoms with Crippen molar-refractivity contribution in [1.29, 1.82) is 0 Å². The smallest absolute Gasteiger partial charge is 0.356 e. The highest BCUT2D eigenvalue weighted by molar-refractivity contribution is 5.88. The minimum atomic E-state index is -0.639. The number of ether oxygens (including phenoxy) is 2. The van der Waals surface area contributed by atoms with Crippen LogP contribution in [0.2, 0.25) is 0 Å². The van der Waals surface area contributed by atoms with E-state index in [1.165, 1.54) is 19.2 Å². The Labute approximate surface area is 116 Å². The molecule has 0 fully saturated rings. The SMILES string of the molecule is CCOCCN(C)c1nc(C(=O)OC)ccc1[N+](=O)[O-]. The van der Waals surface area contributed by atoms with Crippen molar-refractivity contribution in [3.63, 3.8) is 0 Å². The van der Waals surface area contributed by atoms with Gasteiger partial charge in [0.05, 0.1) is 18.6 Å². The fourth-order valence-electron chi connectivity index (χ4n) is 1.53. The van der Waals surface area contributed by atoms with Crippen molar-refractivity contribution >= 4 is 17.5 Å². The van der Waals surface area contributed by atoms with E-state index in [-0.39, 0.29) is 17.2 Å². The molecule has 1 aromatic rings. The number of aromatic nitrogens is 1. The van der Waals surface area contributed by atoms with E-state index in [9.17, 15) is 14.9 Å². The maximum Gasteiger partial charge on any atom is 0.356 e. The molecule has 0 aromatic carbocycles. The number of hydrogen-bond donors (Lipinski definition) is 0. The molecule has 0 aliphatic carbocycles. The predicted molar refractivity (Wildman–Crippen MR) is 72.0 cm³/mol. The lowest BCUT2D eigenvalue weighted by Crippen LogP contribution is -2.25. The van der Waals surface area contributed by atoms with Crippen LogP contribution in [0, 0.1) is 10.1 Å². The molecule has 0 aliphatic rings. The van der Waals surface area contributed by atoms with Crippen molar-refractivity contribution in [3.05, 3.63) is 27.9 Å². The van der Waals surface area contributed by atoms with Crippen molar-refractivity contribution in [2.75, 3.05) is 38.8 Å². The molecule has 0 saturated heterocycles. The van der Waals surface area contributed by atoms with Gasteiger partial charge in [0.1, 0.15) is 0 Å². The highest BCUT2D eigenvalue weighted by Crippen LogP contribution is 2.25. The van der Waals surface area contributed by atoms with E-state index in [0.29, 0.717) is 19.8 Å². The van der Waals surface area contributed by atoms with Crippen LogP contribution in [-0.2, 0) is 9.47 Å². The van der Waals surface area contributed by atoms with E-state index in [2.05, 4.69) is 9.72 Å². The van der Waals surface area contributed by atoms with Gasteiger partial charge in [0.25, 0.3) is 0 Å². The Morgan fingerprint density at radius 1 is 1.50 bits per heavy atom. The van der Waals surface area contributed by atoms with Crippen LogP contribution in [0.4, 0.5) is 11.5 Å². The number of carbonyl (C=O) groups is 1. The quantitative estimate of drug-likeness (QED) is 0.321. The van der Waals surface area contributed by atoms with Gasteiger partial charge >= 0.3 is 11.7 Å².